The number of benzene rings is 1. The van der Waals surface area contributed by atoms with Crippen LogP contribution in [0.4, 0.5) is 10.5 Å². The Hall–Kier alpha value is -2.77. The molecule has 0 atom stereocenters. The van der Waals surface area contributed by atoms with Crippen molar-refractivity contribution in [3.8, 4) is 11.3 Å². The van der Waals surface area contributed by atoms with Crippen molar-refractivity contribution in [2.45, 2.75) is 26.4 Å². The first kappa shape index (κ1) is 14.6. The average molecular weight is 290 g/mol. The van der Waals surface area contributed by atoms with Crippen molar-refractivity contribution >= 4 is 11.8 Å². The molecule has 0 amide bonds. The topological polar surface area (TPSA) is 100 Å². The monoisotopic (exact) mass is 290 g/mol. The van der Waals surface area contributed by atoms with Gasteiger partial charge in [0.15, 0.2) is 0 Å². The zero-order valence-corrected chi connectivity index (χ0v) is 11.8. The molecule has 0 fully saturated rings. The molecule has 1 aromatic carbocycles. The molecule has 1 heterocycles. The van der Waals surface area contributed by atoms with Gasteiger partial charge in [-0.15, -0.1) is 9.78 Å². The number of nitro groups is 1. The van der Waals surface area contributed by atoms with E-state index in [1.54, 1.807) is 20.8 Å². The van der Waals surface area contributed by atoms with Crippen molar-refractivity contribution in [3.63, 3.8) is 0 Å². The molecule has 0 saturated carbocycles. The molecule has 0 aliphatic heterocycles. The van der Waals surface area contributed by atoms with Crippen LogP contribution in [-0.4, -0.2) is 31.6 Å². The van der Waals surface area contributed by atoms with E-state index >= 15 is 0 Å². The fourth-order valence-corrected chi connectivity index (χ4v) is 1.63. The molecule has 0 radical (unpaired) electrons. The first-order chi connectivity index (χ1) is 9.78. The molecule has 0 spiro atoms. The number of carbonyl (C=O) groups is 1. The number of aromatic nitrogens is 3. The van der Waals surface area contributed by atoms with Gasteiger partial charge in [0.05, 0.1) is 11.1 Å². The normalized spacial score (nSPS) is 11.2. The molecule has 0 aliphatic rings. The summed E-state index contributed by atoms with van der Waals surface area (Å²) in [6.45, 7) is 5.23. The minimum atomic E-state index is -0.659. The standard InChI is InChI=1S/C13H14N4O4/c1-13(2,3)21-12(18)16-11(8-14-15-16)9-4-6-10(7-5-9)17(19)20/h4-8H,1-3H3. The fraction of sp³-hybridized carbons (Fsp3) is 0.308. The average Bonchev–Trinajstić information content (AvgIpc) is 2.86. The van der Waals surface area contributed by atoms with Crippen LogP contribution in [0.5, 0.6) is 0 Å². The molecular formula is C13H14N4O4. The number of hydrogen-bond donors (Lipinski definition) is 0. The van der Waals surface area contributed by atoms with Crippen molar-refractivity contribution in [1.29, 1.82) is 0 Å². The lowest BCUT2D eigenvalue weighted by Gasteiger charge is -2.19. The van der Waals surface area contributed by atoms with Gasteiger partial charge in [-0.2, -0.15) is 0 Å². The Balaban J connectivity index is 2.32. The summed E-state index contributed by atoms with van der Waals surface area (Å²) in [4.78, 5) is 22.2. The van der Waals surface area contributed by atoms with Gasteiger partial charge in [0.2, 0.25) is 0 Å². The Morgan fingerprint density at radius 3 is 2.43 bits per heavy atom. The second-order valence-electron chi connectivity index (χ2n) is 5.32. The first-order valence-corrected chi connectivity index (χ1v) is 6.17. The van der Waals surface area contributed by atoms with Crippen LogP contribution in [0.15, 0.2) is 30.5 Å². The van der Waals surface area contributed by atoms with E-state index in [0.717, 1.165) is 4.68 Å². The van der Waals surface area contributed by atoms with Gasteiger partial charge in [-0.3, -0.25) is 10.1 Å². The summed E-state index contributed by atoms with van der Waals surface area (Å²) in [7, 11) is 0. The molecule has 0 saturated heterocycles. The van der Waals surface area contributed by atoms with Crippen molar-refractivity contribution in [3.05, 3.63) is 40.6 Å². The first-order valence-electron chi connectivity index (χ1n) is 6.17. The van der Waals surface area contributed by atoms with Crippen LogP contribution in [0.1, 0.15) is 20.8 Å². The Labute approximate surface area is 120 Å². The molecule has 0 bridgehead atoms. The number of rotatable bonds is 2. The van der Waals surface area contributed by atoms with E-state index in [1.807, 2.05) is 0 Å². The van der Waals surface area contributed by atoms with Crippen LogP contribution in [0.2, 0.25) is 0 Å². The third kappa shape index (κ3) is 3.41. The quantitative estimate of drug-likeness (QED) is 0.622. The molecule has 8 heteroatoms. The van der Waals surface area contributed by atoms with Crippen molar-refractivity contribution in [1.82, 2.24) is 15.0 Å². The largest absolute Gasteiger partial charge is 0.442 e. The van der Waals surface area contributed by atoms with Crippen LogP contribution in [0.25, 0.3) is 11.3 Å². The molecule has 0 unspecified atom stereocenters. The summed E-state index contributed by atoms with van der Waals surface area (Å²) in [6, 6.07) is 5.75. The highest BCUT2D eigenvalue weighted by atomic mass is 16.6. The maximum Gasteiger partial charge on any atom is 0.437 e. The van der Waals surface area contributed by atoms with Crippen LogP contribution in [0, 0.1) is 10.1 Å². The van der Waals surface area contributed by atoms with Gasteiger partial charge < -0.3 is 4.74 Å². The summed E-state index contributed by atoms with van der Waals surface area (Å²) in [5.41, 5.74) is 0.293. The van der Waals surface area contributed by atoms with Crippen LogP contribution in [0.3, 0.4) is 0 Å². The highest BCUT2D eigenvalue weighted by Crippen LogP contribution is 2.22. The smallest absolute Gasteiger partial charge is 0.437 e. The minimum absolute atomic E-state index is 0.0324. The molecule has 1 aromatic heterocycles. The number of hydrogen-bond acceptors (Lipinski definition) is 6. The second-order valence-corrected chi connectivity index (χ2v) is 5.32. The van der Waals surface area contributed by atoms with Gasteiger partial charge in [-0.05, 0) is 32.9 Å². The van der Waals surface area contributed by atoms with E-state index < -0.39 is 16.6 Å². The summed E-state index contributed by atoms with van der Waals surface area (Å²) in [6.07, 6.45) is 0.735. The lowest BCUT2D eigenvalue weighted by molar-refractivity contribution is -0.384. The van der Waals surface area contributed by atoms with E-state index in [1.165, 1.54) is 30.5 Å². The van der Waals surface area contributed by atoms with Gasteiger partial charge in [0.25, 0.3) is 5.69 Å². The predicted octanol–water partition coefficient (Wildman–Crippen LogP) is 2.64. The van der Waals surface area contributed by atoms with Gasteiger partial charge >= 0.3 is 6.09 Å². The van der Waals surface area contributed by atoms with Crippen molar-refractivity contribution < 1.29 is 14.5 Å². The van der Waals surface area contributed by atoms with Gasteiger partial charge in [0.1, 0.15) is 11.3 Å². The van der Waals surface area contributed by atoms with Crippen LogP contribution in [-0.2, 0) is 4.74 Å². The molecule has 8 nitrogen and oxygen atoms in total. The van der Waals surface area contributed by atoms with Crippen LogP contribution < -0.4 is 0 Å². The molecule has 0 aliphatic carbocycles. The lowest BCUT2D eigenvalue weighted by Crippen LogP contribution is -2.28. The van der Waals surface area contributed by atoms with Gasteiger partial charge in [0, 0.05) is 17.7 Å². The van der Waals surface area contributed by atoms with Crippen molar-refractivity contribution in [2.75, 3.05) is 0 Å². The highest BCUT2D eigenvalue weighted by molar-refractivity contribution is 5.77. The zero-order valence-electron chi connectivity index (χ0n) is 11.8. The maximum absolute atomic E-state index is 12.0. The van der Waals surface area contributed by atoms with Gasteiger partial charge in [-0.1, -0.05) is 5.21 Å². The fourth-order valence-electron chi connectivity index (χ4n) is 1.63. The number of non-ortho nitro benzene ring substituents is 1. The minimum Gasteiger partial charge on any atom is -0.442 e. The number of nitrogens with zero attached hydrogens (tertiary/aromatic N) is 4. The molecule has 2 aromatic rings. The van der Waals surface area contributed by atoms with E-state index in [9.17, 15) is 14.9 Å². The third-order valence-electron chi connectivity index (χ3n) is 2.49. The number of carbonyl (C=O) groups excluding carboxylic acids is 1. The molecule has 2 rings (SSSR count). The molecular weight excluding hydrogens is 276 g/mol. The van der Waals surface area contributed by atoms with Crippen LogP contribution >= 0.6 is 0 Å². The highest BCUT2D eigenvalue weighted by Gasteiger charge is 2.21. The Morgan fingerprint density at radius 2 is 1.90 bits per heavy atom. The number of ether oxygens (including phenoxy) is 1. The summed E-state index contributed by atoms with van der Waals surface area (Å²) >= 11 is 0. The van der Waals surface area contributed by atoms with Gasteiger partial charge in [-0.25, -0.2) is 4.79 Å². The lowest BCUT2D eigenvalue weighted by atomic mass is 10.1. The second kappa shape index (κ2) is 5.31. The Morgan fingerprint density at radius 1 is 1.29 bits per heavy atom. The summed E-state index contributed by atoms with van der Waals surface area (Å²) in [5.74, 6) is 0. The Bertz CT molecular complexity index is 670. The molecule has 0 N–H and O–H groups in total. The summed E-state index contributed by atoms with van der Waals surface area (Å²) < 4.78 is 6.24. The van der Waals surface area contributed by atoms with E-state index in [2.05, 4.69) is 10.3 Å². The predicted molar refractivity (Wildman–Crippen MR) is 73.7 cm³/mol. The molecule has 110 valence electrons. The zero-order chi connectivity index (χ0) is 15.6. The number of nitro benzene ring substituents is 1. The van der Waals surface area contributed by atoms with E-state index in [0.29, 0.717) is 11.3 Å². The van der Waals surface area contributed by atoms with E-state index in [4.69, 9.17) is 4.74 Å². The summed E-state index contributed by atoms with van der Waals surface area (Å²) in [5, 5.41) is 18.0. The molecule has 21 heavy (non-hydrogen) atoms. The van der Waals surface area contributed by atoms with E-state index in [-0.39, 0.29) is 5.69 Å². The maximum atomic E-state index is 12.0. The third-order valence-corrected chi connectivity index (χ3v) is 2.49. The van der Waals surface area contributed by atoms with Crippen molar-refractivity contribution in [2.24, 2.45) is 0 Å². The Kier molecular flexibility index (Phi) is 3.70. The SMILES string of the molecule is CC(C)(C)OC(=O)n1nncc1-c1ccc([N+](=O)[O-])cc1.